The number of hydrogen-bond donors (Lipinski definition) is 2. The van der Waals surface area contributed by atoms with Crippen molar-refractivity contribution >= 4 is 5.91 Å². The summed E-state index contributed by atoms with van der Waals surface area (Å²) in [6.07, 6.45) is 2.05. The van der Waals surface area contributed by atoms with Crippen LogP contribution in [0.2, 0.25) is 0 Å². The van der Waals surface area contributed by atoms with Crippen LogP contribution in [0.5, 0.6) is 0 Å². The van der Waals surface area contributed by atoms with E-state index in [1.807, 2.05) is 6.92 Å². The summed E-state index contributed by atoms with van der Waals surface area (Å²) in [6.45, 7) is 7.60. The fourth-order valence-corrected chi connectivity index (χ4v) is 2.04. The van der Waals surface area contributed by atoms with Gasteiger partial charge in [0.15, 0.2) is 0 Å². The van der Waals surface area contributed by atoms with Gasteiger partial charge >= 0.3 is 0 Å². The first-order chi connectivity index (χ1) is 7.98. The van der Waals surface area contributed by atoms with Gasteiger partial charge in [-0.1, -0.05) is 0 Å². The first kappa shape index (κ1) is 14.4. The maximum absolute atomic E-state index is 11.4. The summed E-state index contributed by atoms with van der Waals surface area (Å²) >= 11 is 0. The summed E-state index contributed by atoms with van der Waals surface area (Å²) in [6, 6.07) is 0. The number of likely N-dealkylation sites (N-methyl/N-ethyl adjacent to an activating group) is 1. The minimum Gasteiger partial charge on any atom is -0.377 e. The van der Waals surface area contributed by atoms with Crippen molar-refractivity contribution in [1.29, 1.82) is 0 Å². The monoisotopic (exact) mass is 243 g/mol. The average molecular weight is 243 g/mol. The summed E-state index contributed by atoms with van der Waals surface area (Å²) in [4.78, 5) is 13.7. The van der Waals surface area contributed by atoms with Gasteiger partial charge in [0.05, 0.1) is 11.6 Å². The minimum absolute atomic E-state index is 0.270. The van der Waals surface area contributed by atoms with E-state index < -0.39 is 5.54 Å². The van der Waals surface area contributed by atoms with Crippen molar-refractivity contribution < 1.29 is 9.53 Å². The van der Waals surface area contributed by atoms with Crippen LogP contribution in [0.4, 0.5) is 0 Å². The van der Waals surface area contributed by atoms with E-state index in [2.05, 4.69) is 17.1 Å². The third-order valence-electron chi connectivity index (χ3n) is 3.56. The molecule has 2 unspecified atom stereocenters. The molecule has 0 aromatic rings. The van der Waals surface area contributed by atoms with E-state index in [1.165, 1.54) is 0 Å². The molecular weight excluding hydrogens is 218 g/mol. The van der Waals surface area contributed by atoms with Crippen LogP contribution in [-0.2, 0) is 9.53 Å². The molecule has 1 fully saturated rings. The smallest absolute Gasteiger partial charge is 0.237 e. The van der Waals surface area contributed by atoms with Crippen molar-refractivity contribution in [1.82, 2.24) is 10.2 Å². The number of carbonyl (C=O) groups is 1. The van der Waals surface area contributed by atoms with Crippen LogP contribution < -0.4 is 11.1 Å². The summed E-state index contributed by atoms with van der Waals surface area (Å²) in [5.41, 5.74) is 4.80. The first-order valence-corrected chi connectivity index (χ1v) is 6.31. The molecule has 17 heavy (non-hydrogen) atoms. The molecule has 100 valence electrons. The molecule has 3 N–H and O–H groups in total. The molecule has 0 spiro atoms. The van der Waals surface area contributed by atoms with E-state index in [4.69, 9.17) is 10.5 Å². The first-order valence-electron chi connectivity index (χ1n) is 6.31. The predicted molar refractivity (Wildman–Crippen MR) is 67.7 cm³/mol. The predicted octanol–water partition coefficient (Wildman–Crippen LogP) is -0.0493. The molecule has 0 aliphatic carbocycles. The van der Waals surface area contributed by atoms with E-state index in [1.54, 1.807) is 7.05 Å². The van der Waals surface area contributed by atoms with Gasteiger partial charge in [-0.3, -0.25) is 4.79 Å². The number of nitrogens with one attached hydrogen (secondary N) is 1. The standard InChI is InChI=1S/C12H25N3O2/c1-10-9-15(6-4-8-17-10)7-5-12(2,14-3)11(13)16/h10,14H,4-9H2,1-3H3,(H2,13,16). The highest BCUT2D eigenvalue weighted by molar-refractivity contribution is 5.84. The van der Waals surface area contributed by atoms with Crippen LogP contribution in [0.25, 0.3) is 0 Å². The molecular formula is C12H25N3O2. The molecule has 1 amide bonds. The Bertz CT molecular complexity index is 260. The van der Waals surface area contributed by atoms with E-state index >= 15 is 0 Å². The molecule has 0 saturated carbocycles. The lowest BCUT2D eigenvalue weighted by atomic mass is 9.97. The second kappa shape index (κ2) is 6.33. The zero-order chi connectivity index (χ0) is 12.9. The number of carbonyl (C=O) groups excluding carboxylic acids is 1. The molecule has 5 heteroatoms. The van der Waals surface area contributed by atoms with Gasteiger partial charge in [0, 0.05) is 26.2 Å². The van der Waals surface area contributed by atoms with Gasteiger partial charge in [-0.25, -0.2) is 0 Å². The SMILES string of the molecule is CNC(C)(CCN1CCCOC(C)C1)C(N)=O. The van der Waals surface area contributed by atoms with E-state index in [-0.39, 0.29) is 12.0 Å². The average Bonchev–Trinajstić information content (AvgIpc) is 2.50. The Morgan fingerprint density at radius 1 is 1.65 bits per heavy atom. The molecule has 1 saturated heterocycles. The Morgan fingerprint density at radius 2 is 2.35 bits per heavy atom. The molecule has 0 radical (unpaired) electrons. The highest BCUT2D eigenvalue weighted by Crippen LogP contribution is 2.12. The molecule has 0 bridgehead atoms. The van der Waals surface area contributed by atoms with E-state index in [0.29, 0.717) is 0 Å². The highest BCUT2D eigenvalue weighted by Gasteiger charge is 2.29. The number of ether oxygens (including phenoxy) is 1. The lowest BCUT2D eigenvalue weighted by Crippen LogP contribution is -2.53. The van der Waals surface area contributed by atoms with Gasteiger partial charge in [0.2, 0.25) is 5.91 Å². The van der Waals surface area contributed by atoms with Gasteiger partial charge in [-0.05, 0) is 33.7 Å². The van der Waals surface area contributed by atoms with Gasteiger partial charge in [-0.2, -0.15) is 0 Å². The quantitative estimate of drug-likeness (QED) is 0.710. The zero-order valence-corrected chi connectivity index (χ0v) is 11.2. The van der Waals surface area contributed by atoms with Gasteiger partial charge < -0.3 is 20.7 Å². The number of primary amides is 1. The number of nitrogens with zero attached hydrogens (tertiary/aromatic N) is 1. The van der Waals surface area contributed by atoms with Crippen molar-refractivity contribution in [3.8, 4) is 0 Å². The Kier molecular flexibility index (Phi) is 5.36. The lowest BCUT2D eigenvalue weighted by Gasteiger charge is -2.29. The molecule has 1 aliphatic heterocycles. The molecule has 5 nitrogen and oxygen atoms in total. The third-order valence-corrected chi connectivity index (χ3v) is 3.56. The zero-order valence-electron chi connectivity index (χ0n) is 11.2. The van der Waals surface area contributed by atoms with Crippen molar-refractivity contribution in [2.75, 3.05) is 33.3 Å². The van der Waals surface area contributed by atoms with E-state index in [9.17, 15) is 4.79 Å². The van der Waals surface area contributed by atoms with Gasteiger partial charge in [0.25, 0.3) is 0 Å². The molecule has 1 aliphatic rings. The highest BCUT2D eigenvalue weighted by atomic mass is 16.5. The summed E-state index contributed by atoms with van der Waals surface area (Å²) in [5.74, 6) is -0.292. The van der Waals surface area contributed by atoms with Crippen LogP contribution >= 0.6 is 0 Å². The number of rotatable bonds is 5. The van der Waals surface area contributed by atoms with Crippen molar-refractivity contribution in [3.63, 3.8) is 0 Å². The van der Waals surface area contributed by atoms with Gasteiger partial charge in [0.1, 0.15) is 0 Å². The van der Waals surface area contributed by atoms with Crippen molar-refractivity contribution in [2.45, 2.75) is 38.3 Å². The molecule has 0 aromatic heterocycles. The Hall–Kier alpha value is -0.650. The van der Waals surface area contributed by atoms with Crippen LogP contribution in [0.15, 0.2) is 0 Å². The number of amides is 1. The number of nitrogens with two attached hydrogens (primary N) is 1. The molecule has 1 rings (SSSR count). The Balaban J connectivity index is 2.45. The van der Waals surface area contributed by atoms with Crippen LogP contribution in [0.1, 0.15) is 26.7 Å². The maximum atomic E-state index is 11.4. The minimum atomic E-state index is -0.615. The summed E-state index contributed by atoms with van der Waals surface area (Å²) < 4.78 is 5.59. The summed E-state index contributed by atoms with van der Waals surface area (Å²) in [7, 11) is 1.78. The Morgan fingerprint density at radius 3 is 2.94 bits per heavy atom. The normalized spacial score (nSPS) is 26.2. The topological polar surface area (TPSA) is 67.6 Å². The fraction of sp³-hybridized carbons (Fsp3) is 0.917. The lowest BCUT2D eigenvalue weighted by molar-refractivity contribution is -0.124. The van der Waals surface area contributed by atoms with Crippen molar-refractivity contribution in [2.24, 2.45) is 5.73 Å². The largest absolute Gasteiger partial charge is 0.377 e. The molecule has 2 atom stereocenters. The maximum Gasteiger partial charge on any atom is 0.237 e. The fourth-order valence-electron chi connectivity index (χ4n) is 2.04. The van der Waals surface area contributed by atoms with Gasteiger partial charge in [-0.15, -0.1) is 0 Å². The van der Waals surface area contributed by atoms with E-state index in [0.717, 1.165) is 39.1 Å². The Labute approximate surface area is 104 Å². The van der Waals surface area contributed by atoms with Crippen LogP contribution in [0.3, 0.4) is 0 Å². The third kappa shape index (κ3) is 4.26. The second-order valence-corrected chi connectivity index (χ2v) is 5.03. The van der Waals surface area contributed by atoms with Crippen LogP contribution in [0, 0.1) is 0 Å². The van der Waals surface area contributed by atoms with Crippen LogP contribution in [-0.4, -0.2) is 55.7 Å². The molecule has 0 aromatic carbocycles. The van der Waals surface area contributed by atoms with Crippen molar-refractivity contribution in [3.05, 3.63) is 0 Å². The second-order valence-electron chi connectivity index (χ2n) is 5.03. The molecule has 1 heterocycles. The summed E-state index contributed by atoms with van der Waals surface area (Å²) in [5, 5.41) is 3.01. The number of hydrogen-bond acceptors (Lipinski definition) is 4.